The smallest absolute Gasteiger partial charge is 0.165 e. The van der Waals surface area contributed by atoms with Crippen molar-refractivity contribution in [1.29, 1.82) is 0 Å². The van der Waals surface area contributed by atoms with Crippen LogP contribution in [0.4, 0.5) is 5.69 Å². The van der Waals surface area contributed by atoms with Crippen LogP contribution in [-0.2, 0) is 4.94 Å². The lowest BCUT2D eigenvalue weighted by Crippen LogP contribution is -2.25. The van der Waals surface area contributed by atoms with Crippen LogP contribution in [0.15, 0.2) is 23.4 Å². The van der Waals surface area contributed by atoms with E-state index in [4.69, 9.17) is 33.9 Å². The first-order chi connectivity index (χ1) is 6.66. The Bertz CT molecular complexity index is 394. The first kappa shape index (κ1) is 9.43. The summed E-state index contributed by atoms with van der Waals surface area (Å²) in [6, 6.07) is 5.09. The van der Waals surface area contributed by atoms with Crippen molar-refractivity contribution in [1.82, 2.24) is 0 Å². The van der Waals surface area contributed by atoms with E-state index in [-0.39, 0.29) is 0 Å². The minimum atomic E-state index is 0.389. The molecule has 6 heteroatoms. The molecule has 0 amide bonds. The van der Waals surface area contributed by atoms with Gasteiger partial charge in [-0.3, -0.25) is 4.94 Å². The van der Waals surface area contributed by atoms with Gasteiger partial charge in [-0.25, -0.2) is 0 Å². The van der Waals surface area contributed by atoms with Gasteiger partial charge in [-0.05, 0) is 23.4 Å². The van der Waals surface area contributed by atoms with E-state index < -0.39 is 0 Å². The maximum absolute atomic E-state index is 5.95. The summed E-state index contributed by atoms with van der Waals surface area (Å²) in [5, 5.41) is 6.18. The van der Waals surface area contributed by atoms with E-state index in [0.29, 0.717) is 28.1 Å². The summed E-state index contributed by atoms with van der Waals surface area (Å²) in [6.07, 6.45) is 0. The van der Waals surface area contributed by atoms with Crippen LogP contribution in [-0.4, -0.2) is 12.4 Å². The maximum atomic E-state index is 5.95. The Morgan fingerprint density at radius 2 is 2.21 bits per heavy atom. The van der Waals surface area contributed by atoms with Crippen molar-refractivity contribution in [3.8, 4) is 0 Å². The van der Waals surface area contributed by atoms with Crippen LogP contribution < -0.4 is 10.8 Å². The summed E-state index contributed by atoms with van der Waals surface area (Å²) in [4.78, 5) is 4.94. The number of amidine groups is 1. The van der Waals surface area contributed by atoms with Crippen LogP contribution in [0.25, 0.3) is 0 Å². The molecule has 2 N–H and O–H groups in total. The number of hydrogen-bond acceptors (Lipinski definition) is 4. The van der Waals surface area contributed by atoms with E-state index in [0.717, 1.165) is 0 Å². The highest BCUT2D eigenvalue weighted by molar-refractivity contribution is 6.35. The number of rotatable bonds is 1. The van der Waals surface area contributed by atoms with Crippen molar-refractivity contribution in [3.05, 3.63) is 28.2 Å². The third-order valence-electron chi connectivity index (χ3n) is 1.74. The van der Waals surface area contributed by atoms with E-state index in [9.17, 15) is 0 Å². The highest BCUT2D eigenvalue weighted by Crippen LogP contribution is 2.30. The summed E-state index contributed by atoms with van der Waals surface area (Å²) in [5.74, 6) is 0.404. The van der Waals surface area contributed by atoms with E-state index in [2.05, 4.69) is 5.16 Å². The number of hydroxylamine groups is 1. The van der Waals surface area contributed by atoms with Gasteiger partial charge in [-0.2, -0.15) is 5.06 Å². The number of nitrogens with zero attached hydrogens (tertiary/aromatic N) is 2. The molecule has 4 nitrogen and oxygen atoms in total. The summed E-state index contributed by atoms with van der Waals surface area (Å²) in [5.41, 5.74) is 6.11. The zero-order valence-corrected chi connectivity index (χ0v) is 8.59. The molecule has 0 saturated heterocycles. The van der Waals surface area contributed by atoms with Gasteiger partial charge in [0.2, 0.25) is 0 Å². The molecule has 0 unspecified atom stereocenters. The van der Waals surface area contributed by atoms with Crippen molar-refractivity contribution >= 4 is 34.7 Å². The lowest BCUT2D eigenvalue weighted by molar-refractivity contribution is 0.145. The Morgan fingerprint density at radius 3 is 2.86 bits per heavy atom. The first-order valence-corrected chi connectivity index (χ1v) is 4.64. The van der Waals surface area contributed by atoms with Crippen LogP contribution in [0.2, 0.25) is 10.0 Å². The van der Waals surface area contributed by atoms with Crippen LogP contribution in [0, 0.1) is 0 Å². The third kappa shape index (κ3) is 1.71. The Morgan fingerprint density at radius 1 is 1.43 bits per heavy atom. The van der Waals surface area contributed by atoms with Crippen molar-refractivity contribution < 1.29 is 4.94 Å². The maximum Gasteiger partial charge on any atom is 0.165 e. The van der Waals surface area contributed by atoms with Gasteiger partial charge in [0.15, 0.2) is 5.84 Å². The molecule has 1 heterocycles. The third-order valence-corrected chi connectivity index (χ3v) is 2.29. The van der Waals surface area contributed by atoms with Crippen molar-refractivity contribution in [2.75, 3.05) is 11.6 Å². The zero-order chi connectivity index (χ0) is 10.1. The van der Waals surface area contributed by atoms with E-state index >= 15 is 0 Å². The molecule has 0 atom stereocenters. The monoisotopic (exact) mass is 231 g/mol. The van der Waals surface area contributed by atoms with Crippen molar-refractivity contribution in [2.24, 2.45) is 10.9 Å². The molecule has 0 fully saturated rings. The van der Waals surface area contributed by atoms with Gasteiger partial charge in [-0.1, -0.05) is 23.2 Å². The highest BCUT2D eigenvalue weighted by atomic mass is 35.5. The largest absolute Gasteiger partial charge is 0.383 e. The van der Waals surface area contributed by atoms with Gasteiger partial charge in [0.05, 0.1) is 10.7 Å². The van der Waals surface area contributed by atoms with Crippen molar-refractivity contribution in [3.63, 3.8) is 0 Å². The van der Waals surface area contributed by atoms with Crippen LogP contribution in [0.3, 0.4) is 0 Å². The van der Waals surface area contributed by atoms with E-state index in [1.807, 2.05) is 0 Å². The average molecular weight is 232 g/mol. The molecular formula is C8H7Cl2N3O. The van der Waals surface area contributed by atoms with Crippen LogP contribution in [0.5, 0.6) is 0 Å². The van der Waals surface area contributed by atoms with Gasteiger partial charge in [0, 0.05) is 5.02 Å². The second-order valence-corrected chi connectivity index (χ2v) is 3.64. The number of oxime groups is 1. The molecule has 14 heavy (non-hydrogen) atoms. The molecule has 0 aliphatic carbocycles. The lowest BCUT2D eigenvalue weighted by Gasteiger charge is -2.15. The number of halogens is 2. The van der Waals surface area contributed by atoms with Crippen LogP contribution >= 0.6 is 23.2 Å². The minimum Gasteiger partial charge on any atom is -0.383 e. The molecule has 0 radical (unpaired) electrons. The first-order valence-electron chi connectivity index (χ1n) is 3.89. The number of benzene rings is 1. The molecule has 1 aliphatic heterocycles. The molecule has 74 valence electrons. The number of anilines is 1. The Hall–Kier alpha value is -1.13. The zero-order valence-electron chi connectivity index (χ0n) is 7.08. The fraction of sp³-hybridized carbons (Fsp3) is 0.125. The van der Waals surface area contributed by atoms with E-state index in [1.165, 1.54) is 5.06 Å². The molecule has 0 spiro atoms. The lowest BCUT2D eigenvalue weighted by atomic mass is 10.3. The Balaban J connectivity index is 2.28. The average Bonchev–Trinajstić information content (AvgIpc) is 2.56. The summed E-state index contributed by atoms with van der Waals surface area (Å²) < 4.78 is 0. The van der Waals surface area contributed by atoms with Crippen LogP contribution in [0.1, 0.15) is 0 Å². The molecule has 1 aromatic carbocycles. The van der Waals surface area contributed by atoms with Gasteiger partial charge in [0.1, 0.15) is 6.54 Å². The molecule has 2 rings (SSSR count). The van der Waals surface area contributed by atoms with Gasteiger partial charge < -0.3 is 5.73 Å². The summed E-state index contributed by atoms with van der Waals surface area (Å²) in [6.45, 7) is 0.389. The normalized spacial score (nSPS) is 15.3. The number of hydrogen-bond donors (Lipinski definition) is 1. The Labute approximate surface area is 90.8 Å². The molecular weight excluding hydrogens is 225 g/mol. The molecule has 1 aromatic rings. The topological polar surface area (TPSA) is 50.9 Å². The van der Waals surface area contributed by atoms with E-state index in [1.54, 1.807) is 18.2 Å². The highest BCUT2D eigenvalue weighted by Gasteiger charge is 2.19. The molecule has 0 bridgehead atoms. The number of nitrogens with two attached hydrogens (primary N) is 1. The Kier molecular flexibility index (Phi) is 2.39. The molecule has 0 saturated carbocycles. The predicted molar refractivity (Wildman–Crippen MR) is 56.5 cm³/mol. The fourth-order valence-corrected chi connectivity index (χ4v) is 1.49. The van der Waals surface area contributed by atoms with Gasteiger partial charge in [-0.15, -0.1) is 0 Å². The SMILES string of the molecule is NC1=NON(c2cc(Cl)ccc2Cl)C1. The summed E-state index contributed by atoms with van der Waals surface area (Å²) >= 11 is 11.8. The second kappa shape index (κ2) is 3.55. The second-order valence-electron chi connectivity index (χ2n) is 2.80. The quantitative estimate of drug-likeness (QED) is 0.805. The predicted octanol–water partition coefficient (Wildman–Crippen LogP) is 2.02. The summed E-state index contributed by atoms with van der Waals surface area (Å²) in [7, 11) is 0. The molecule has 1 aliphatic rings. The van der Waals surface area contributed by atoms with Crippen molar-refractivity contribution in [2.45, 2.75) is 0 Å². The minimum absolute atomic E-state index is 0.389. The fourth-order valence-electron chi connectivity index (χ4n) is 1.11. The molecule has 0 aromatic heterocycles. The standard InChI is InChI=1S/C8H7Cl2N3O/c9-5-1-2-6(10)7(3-5)13-4-8(11)12-14-13/h1-3H,4H2,(H2,11,12). The van der Waals surface area contributed by atoms with Gasteiger partial charge >= 0.3 is 0 Å². The van der Waals surface area contributed by atoms with Gasteiger partial charge in [0.25, 0.3) is 0 Å².